The number of sulfonamides is 1. The zero-order chi connectivity index (χ0) is 26.3. The first-order valence-electron chi connectivity index (χ1n) is 11.5. The number of aryl methyl sites for hydroxylation is 2. The molecule has 37 heavy (non-hydrogen) atoms. The highest BCUT2D eigenvalue weighted by Crippen LogP contribution is 2.37. The molecule has 3 aromatic carbocycles. The van der Waals surface area contributed by atoms with Crippen LogP contribution in [0.25, 0.3) is 33.3 Å². The number of benzene rings is 3. The fourth-order valence-corrected chi connectivity index (χ4v) is 5.04. The summed E-state index contributed by atoms with van der Waals surface area (Å²) in [7, 11) is -2.19. The Morgan fingerprint density at radius 1 is 1.05 bits per heavy atom. The Bertz CT molecular complexity index is 1770. The Morgan fingerprint density at radius 3 is 2.46 bits per heavy atom. The van der Waals surface area contributed by atoms with Crippen molar-refractivity contribution in [2.75, 3.05) is 7.05 Å². The minimum absolute atomic E-state index is 0.0500. The lowest BCUT2D eigenvalue weighted by Crippen LogP contribution is -2.18. The van der Waals surface area contributed by atoms with E-state index < -0.39 is 16.0 Å². The first-order chi connectivity index (χ1) is 17.7. The average molecular weight is 517 g/mol. The molecule has 9 heteroatoms. The largest absolute Gasteiger partial charge is 0.488 e. The molecule has 0 aliphatic rings. The Hall–Kier alpha value is -4.21. The van der Waals surface area contributed by atoms with E-state index in [1.54, 1.807) is 18.2 Å². The van der Waals surface area contributed by atoms with Crippen molar-refractivity contribution in [3.8, 4) is 17.2 Å². The van der Waals surface area contributed by atoms with Gasteiger partial charge in [0, 0.05) is 10.9 Å². The van der Waals surface area contributed by atoms with E-state index >= 15 is 0 Å². The van der Waals surface area contributed by atoms with Gasteiger partial charge in [-0.1, -0.05) is 36.4 Å². The van der Waals surface area contributed by atoms with Gasteiger partial charge in [0.15, 0.2) is 5.76 Å². The summed E-state index contributed by atoms with van der Waals surface area (Å²) in [4.78, 5) is 17.3. The molecule has 0 unspecified atom stereocenters. The Morgan fingerprint density at radius 2 is 1.78 bits per heavy atom. The van der Waals surface area contributed by atoms with Gasteiger partial charge >= 0.3 is 5.97 Å². The summed E-state index contributed by atoms with van der Waals surface area (Å²) >= 11 is 0. The molecule has 0 atom stereocenters. The van der Waals surface area contributed by atoms with Crippen LogP contribution in [0.1, 0.15) is 27.0 Å². The third-order valence-electron chi connectivity index (χ3n) is 6.33. The molecule has 5 aromatic rings. The van der Waals surface area contributed by atoms with E-state index in [-0.39, 0.29) is 17.1 Å². The summed E-state index contributed by atoms with van der Waals surface area (Å²) in [5.74, 6) is -0.224. The molecule has 0 bridgehead atoms. The number of nitrogens with zero attached hydrogens (tertiary/aromatic N) is 1. The van der Waals surface area contributed by atoms with Crippen LogP contribution in [0.5, 0.6) is 5.75 Å². The fourth-order valence-electron chi connectivity index (χ4n) is 4.31. The van der Waals surface area contributed by atoms with E-state index in [9.17, 15) is 18.3 Å². The van der Waals surface area contributed by atoms with Crippen LogP contribution in [0, 0.1) is 13.8 Å². The van der Waals surface area contributed by atoms with Gasteiger partial charge in [-0.05, 0) is 62.4 Å². The number of para-hydroxylation sites is 1. The van der Waals surface area contributed by atoms with E-state index in [0.717, 1.165) is 22.1 Å². The van der Waals surface area contributed by atoms with Crippen molar-refractivity contribution in [3.63, 3.8) is 0 Å². The van der Waals surface area contributed by atoms with Gasteiger partial charge in [0.2, 0.25) is 10.0 Å². The molecule has 0 fully saturated rings. The van der Waals surface area contributed by atoms with Gasteiger partial charge in [-0.3, -0.25) is 0 Å². The third-order valence-corrected chi connectivity index (χ3v) is 7.76. The number of fused-ring (bicyclic) bond motifs is 2. The molecule has 188 valence electrons. The summed E-state index contributed by atoms with van der Waals surface area (Å²) in [5.41, 5.74) is 4.09. The van der Waals surface area contributed by atoms with Gasteiger partial charge in [0.1, 0.15) is 23.6 Å². The number of carboxylic acid groups (broad SMARTS) is 1. The Balaban J connectivity index is 1.57. The molecule has 0 saturated heterocycles. The summed E-state index contributed by atoms with van der Waals surface area (Å²) < 4.78 is 38.3. The van der Waals surface area contributed by atoms with Crippen molar-refractivity contribution >= 4 is 37.9 Å². The molecule has 5 rings (SSSR count). The van der Waals surface area contributed by atoms with Crippen LogP contribution < -0.4 is 9.46 Å². The van der Waals surface area contributed by atoms with Gasteiger partial charge in [0.25, 0.3) is 0 Å². The number of furan rings is 1. The summed E-state index contributed by atoms with van der Waals surface area (Å²) in [6.07, 6.45) is 0. The highest BCUT2D eigenvalue weighted by Gasteiger charge is 2.22. The number of carboxylic acids is 1. The monoisotopic (exact) mass is 516 g/mol. The van der Waals surface area contributed by atoms with Crippen LogP contribution in [0.15, 0.2) is 76.0 Å². The van der Waals surface area contributed by atoms with Gasteiger partial charge < -0.3 is 14.3 Å². The highest BCUT2D eigenvalue weighted by atomic mass is 32.2. The van der Waals surface area contributed by atoms with Crippen molar-refractivity contribution in [3.05, 3.63) is 89.0 Å². The van der Waals surface area contributed by atoms with Crippen molar-refractivity contribution in [2.24, 2.45) is 0 Å². The summed E-state index contributed by atoms with van der Waals surface area (Å²) in [6.45, 7) is 3.90. The summed E-state index contributed by atoms with van der Waals surface area (Å²) in [6, 6.07) is 19.0. The van der Waals surface area contributed by atoms with Crippen molar-refractivity contribution in [2.45, 2.75) is 25.3 Å². The quantitative estimate of drug-likeness (QED) is 0.295. The predicted molar refractivity (Wildman–Crippen MR) is 140 cm³/mol. The molecule has 2 N–H and O–H groups in total. The first-order valence-corrected chi connectivity index (χ1v) is 13.0. The number of hydrogen-bond acceptors (Lipinski definition) is 6. The first kappa shape index (κ1) is 24.5. The molecule has 0 saturated carbocycles. The maximum Gasteiger partial charge on any atom is 0.336 e. The Labute approximate surface area is 213 Å². The predicted octanol–water partition coefficient (Wildman–Crippen LogP) is 5.45. The van der Waals surface area contributed by atoms with Gasteiger partial charge in [-0.25, -0.2) is 22.9 Å². The molecule has 0 amide bonds. The van der Waals surface area contributed by atoms with E-state index in [2.05, 4.69) is 4.72 Å². The zero-order valence-electron chi connectivity index (χ0n) is 20.4. The number of hydrogen-bond donors (Lipinski definition) is 2. The van der Waals surface area contributed by atoms with Crippen LogP contribution in [-0.2, 0) is 16.6 Å². The molecule has 2 heterocycles. The lowest BCUT2D eigenvalue weighted by molar-refractivity contribution is 0.0698. The highest BCUT2D eigenvalue weighted by molar-refractivity contribution is 7.89. The normalized spacial score (nSPS) is 11.8. The molecular weight excluding hydrogens is 492 g/mol. The molecule has 0 spiro atoms. The molecule has 0 aliphatic carbocycles. The number of aromatic carboxylic acids is 1. The van der Waals surface area contributed by atoms with E-state index in [4.69, 9.17) is 14.1 Å². The smallest absolute Gasteiger partial charge is 0.336 e. The average Bonchev–Trinajstić information content (AvgIpc) is 3.24. The number of rotatable bonds is 7. The van der Waals surface area contributed by atoms with E-state index in [0.29, 0.717) is 33.7 Å². The van der Waals surface area contributed by atoms with E-state index in [1.807, 2.05) is 44.2 Å². The minimum atomic E-state index is -3.54. The molecule has 0 aliphatic heterocycles. The van der Waals surface area contributed by atoms with Crippen molar-refractivity contribution in [1.29, 1.82) is 0 Å². The topological polar surface area (TPSA) is 119 Å². The van der Waals surface area contributed by atoms with E-state index in [1.165, 1.54) is 25.2 Å². The molecular formula is C28H24N2O6S. The second-order valence-corrected chi connectivity index (χ2v) is 10.5. The van der Waals surface area contributed by atoms with Gasteiger partial charge in [-0.15, -0.1) is 0 Å². The maximum absolute atomic E-state index is 12.4. The fraction of sp³-hybridized carbons (Fsp3) is 0.143. The standard InChI is InChI=1S/C28H24N2O6S/c1-16-8-13-24(35-15-18-9-11-19(12-10-18)37(33,34)29-3)25-21(28(31)32)14-22(30-26(16)25)27-17(2)20-6-4-5-7-23(20)36-27/h4-14,29H,15H2,1-3H3,(H,31,32). The van der Waals surface area contributed by atoms with Gasteiger partial charge in [0.05, 0.1) is 21.4 Å². The van der Waals surface area contributed by atoms with Crippen molar-refractivity contribution < 1.29 is 27.5 Å². The van der Waals surface area contributed by atoms with Crippen LogP contribution in [-0.4, -0.2) is 31.5 Å². The Kier molecular flexibility index (Phi) is 6.18. The van der Waals surface area contributed by atoms with Crippen LogP contribution in [0.2, 0.25) is 0 Å². The third kappa shape index (κ3) is 4.43. The van der Waals surface area contributed by atoms with Crippen LogP contribution in [0.3, 0.4) is 0 Å². The molecule has 0 radical (unpaired) electrons. The molecule has 8 nitrogen and oxygen atoms in total. The van der Waals surface area contributed by atoms with Gasteiger partial charge in [-0.2, -0.15) is 0 Å². The molecule has 2 aromatic heterocycles. The van der Waals surface area contributed by atoms with Crippen LogP contribution in [0.4, 0.5) is 0 Å². The SMILES string of the molecule is CNS(=O)(=O)c1ccc(COc2ccc(C)c3nc(-c4oc5ccccc5c4C)cc(C(=O)O)c23)cc1. The maximum atomic E-state index is 12.4. The number of nitrogens with one attached hydrogen (secondary N) is 1. The number of carbonyl (C=O) groups is 1. The zero-order valence-corrected chi connectivity index (χ0v) is 21.2. The van der Waals surface area contributed by atoms with Crippen LogP contribution >= 0.6 is 0 Å². The minimum Gasteiger partial charge on any atom is -0.488 e. The second kappa shape index (κ2) is 9.34. The summed E-state index contributed by atoms with van der Waals surface area (Å²) in [5, 5.41) is 11.4. The number of ether oxygens (including phenoxy) is 1. The van der Waals surface area contributed by atoms with Crippen molar-refractivity contribution in [1.82, 2.24) is 9.71 Å². The number of aromatic nitrogens is 1. The lowest BCUT2D eigenvalue weighted by Gasteiger charge is -2.14. The lowest BCUT2D eigenvalue weighted by atomic mass is 10.0. The second-order valence-electron chi connectivity index (χ2n) is 8.66. The number of pyridine rings is 1.